The average molecular weight is 272 g/mol. The van der Waals surface area contributed by atoms with E-state index in [1.54, 1.807) is 11.3 Å². The van der Waals surface area contributed by atoms with Crippen LogP contribution in [0, 0.1) is 0 Å². The summed E-state index contributed by atoms with van der Waals surface area (Å²) in [7, 11) is 0. The molecule has 2 aromatic heterocycles. The number of hydrogen-bond donors (Lipinski definition) is 1. The van der Waals surface area contributed by atoms with Crippen LogP contribution in [0.3, 0.4) is 0 Å². The molecule has 4 nitrogen and oxygen atoms in total. The van der Waals surface area contributed by atoms with Gasteiger partial charge in [-0.3, -0.25) is 0 Å². The molecule has 92 valence electrons. The van der Waals surface area contributed by atoms with Gasteiger partial charge in [0.1, 0.15) is 0 Å². The van der Waals surface area contributed by atoms with Crippen molar-refractivity contribution in [3.05, 3.63) is 22.7 Å². The minimum atomic E-state index is -0.363. The summed E-state index contributed by atoms with van der Waals surface area (Å²) in [5.74, 6) is 1.24. The molecule has 0 radical (unpaired) electrons. The predicted octanol–water partition coefficient (Wildman–Crippen LogP) is 2.95. The lowest BCUT2D eigenvalue weighted by atomic mass is 9.99. The first-order chi connectivity index (χ1) is 7.78. The molecule has 1 aliphatic carbocycles. The molecule has 3 rings (SSSR count). The minimum absolute atomic E-state index is 0. The van der Waals surface area contributed by atoms with Crippen LogP contribution in [-0.4, -0.2) is 10.1 Å². The van der Waals surface area contributed by atoms with Crippen LogP contribution in [-0.2, 0) is 5.54 Å². The summed E-state index contributed by atoms with van der Waals surface area (Å²) in [6.45, 7) is 0. The van der Waals surface area contributed by atoms with E-state index in [1.165, 1.54) is 0 Å². The van der Waals surface area contributed by atoms with Crippen LogP contribution in [0.4, 0.5) is 0 Å². The molecule has 17 heavy (non-hydrogen) atoms. The number of hydrogen-bond acceptors (Lipinski definition) is 5. The Balaban J connectivity index is 0.00000108. The third kappa shape index (κ3) is 2.22. The highest BCUT2D eigenvalue weighted by molar-refractivity contribution is 7.08. The Morgan fingerprint density at radius 2 is 2.12 bits per heavy atom. The van der Waals surface area contributed by atoms with Crippen LogP contribution >= 0.6 is 23.7 Å². The predicted molar refractivity (Wildman–Crippen MR) is 69.2 cm³/mol. The molecule has 1 aliphatic rings. The fourth-order valence-corrected chi connectivity index (χ4v) is 2.79. The number of rotatable bonds is 2. The maximum absolute atomic E-state index is 6.26. The van der Waals surface area contributed by atoms with Gasteiger partial charge in [0, 0.05) is 5.38 Å². The lowest BCUT2D eigenvalue weighted by Crippen LogP contribution is -2.34. The second kappa shape index (κ2) is 4.76. The monoisotopic (exact) mass is 271 g/mol. The lowest BCUT2D eigenvalue weighted by molar-refractivity contribution is 0.372. The lowest BCUT2D eigenvalue weighted by Gasteiger charge is -2.17. The smallest absolute Gasteiger partial charge is 0.258 e. The second-order valence-electron chi connectivity index (χ2n) is 4.30. The van der Waals surface area contributed by atoms with E-state index in [2.05, 4.69) is 10.1 Å². The van der Waals surface area contributed by atoms with Crippen LogP contribution in [0.15, 0.2) is 21.3 Å². The van der Waals surface area contributed by atoms with Crippen LogP contribution in [0.25, 0.3) is 11.5 Å². The summed E-state index contributed by atoms with van der Waals surface area (Å²) < 4.78 is 5.25. The minimum Gasteiger partial charge on any atom is -0.334 e. The van der Waals surface area contributed by atoms with Crippen molar-refractivity contribution < 1.29 is 4.52 Å². The van der Waals surface area contributed by atoms with E-state index >= 15 is 0 Å². The van der Waals surface area contributed by atoms with Gasteiger partial charge in [0.05, 0.1) is 11.1 Å². The van der Waals surface area contributed by atoms with Gasteiger partial charge in [0.15, 0.2) is 5.82 Å². The van der Waals surface area contributed by atoms with E-state index < -0.39 is 0 Å². The van der Waals surface area contributed by atoms with Gasteiger partial charge in [-0.25, -0.2) is 0 Å². The molecule has 0 amide bonds. The first-order valence-corrected chi connectivity index (χ1v) is 6.38. The van der Waals surface area contributed by atoms with Gasteiger partial charge in [-0.1, -0.05) is 18.0 Å². The molecule has 1 fully saturated rings. The molecule has 1 saturated carbocycles. The molecule has 2 heterocycles. The summed E-state index contributed by atoms with van der Waals surface area (Å²) in [6.07, 6.45) is 4.21. The van der Waals surface area contributed by atoms with Crippen LogP contribution in [0.1, 0.15) is 31.5 Å². The number of aromatic nitrogens is 2. The standard InChI is InChI=1S/C11H13N3OS.ClH/c12-11(4-1-2-5-11)10-13-9(15-14-10)8-3-6-16-7-8;/h3,6-7H,1-2,4-5,12H2;1H. The van der Waals surface area contributed by atoms with Crippen LogP contribution in [0.5, 0.6) is 0 Å². The molecule has 0 aliphatic heterocycles. The van der Waals surface area contributed by atoms with Crippen molar-refractivity contribution >= 4 is 23.7 Å². The SMILES string of the molecule is Cl.NC1(c2noc(-c3ccsc3)n2)CCCC1. The second-order valence-corrected chi connectivity index (χ2v) is 5.08. The Morgan fingerprint density at radius 1 is 1.35 bits per heavy atom. The average Bonchev–Trinajstić information content (AvgIpc) is 2.98. The zero-order valence-corrected chi connectivity index (χ0v) is 10.9. The van der Waals surface area contributed by atoms with E-state index in [9.17, 15) is 0 Å². The Morgan fingerprint density at radius 3 is 2.76 bits per heavy atom. The van der Waals surface area contributed by atoms with Crippen LogP contribution < -0.4 is 5.73 Å². The zero-order valence-electron chi connectivity index (χ0n) is 9.26. The number of thiophene rings is 1. The fraction of sp³-hybridized carbons (Fsp3) is 0.455. The van der Waals surface area contributed by atoms with Gasteiger partial charge in [-0.2, -0.15) is 16.3 Å². The molecule has 0 saturated heterocycles. The van der Waals surface area contributed by atoms with Gasteiger partial charge in [0.25, 0.3) is 5.89 Å². The number of nitrogens with two attached hydrogens (primary N) is 1. The van der Waals surface area contributed by atoms with E-state index in [0.717, 1.165) is 31.2 Å². The first-order valence-electron chi connectivity index (χ1n) is 5.44. The molecule has 0 bridgehead atoms. The maximum atomic E-state index is 6.26. The van der Waals surface area contributed by atoms with Crippen molar-refractivity contribution in [2.45, 2.75) is 31.2 Å². The summed E-state index contributed by atoms with van der Waals surface area (Å²) >= 11 is 1.62. The number of nitrogens with zero attached hydrogens (tertiary/aromatic N) is 2. The van der Waals surface area contributed by atoms with E-state index in [4.69, 9.17) is 10.3 Å². The highest BCUT2D eigenvalue weighted by atomic mass is 35.5. The molecular formula is C11H14ClN3OS. The first kappa shape index (κ1) is 12.5. The van der Waals surface area contributed by atoms with Crippen molar-refractivity contribution in [3.8, 4) is 11.5 Å². The van der Waals surface area contributed by atoms with Gasteiger partial charge in [0.2, 0.25) is 0 Å². The summed E-state index contributed by atoms with van der Waals surface area (Å²) in [5, 5.41) is 8.01. The van der Waals surface area contributed by atoms with Crippen molar-refractivity contribution in [1.29, 1.82) is 0 Å². The van der Waals surface area contributed by atoms with E-state index in [0.29, 0.717) is 11.7 Å². The van der Waals surface area contributed by atoms with Crippen molar-refractivity contribution in [3.63, 3.8) is 0 Å². The molecular weight excluding hydrogens is 258 g/mol. The summed E-state index contributed by atoms with van der Waals surface area (Å²) in [5.41, 5.74) is 6.88. The normalized spacial score (nSPS) is 17.9. The Hall–Kier alpha value is -0.910. The van der Waals surface area contributed by atoms with E-state index in [-0.39, 0.29) is 17.9 Å². The molecule has 0 atom stereocenters. The maximum Gasteiger partial charge on any atom is 0.258 e. The van der Waals surface area contributed by atoms with Gasteiger partial charge in [-0.15, -0.1) is 12.4 Å². The van der Waals surface area contributed by atoms with E-state index in [1.807, 2.05) is 16.8 Å². The van der Waals surface area contributed by atoms with Crippen molar-refractivity contribution in [2.75, 3.05) is 0 Å². The van der Waals surface area contributed by atoms with Crippen LogP contribution in [0.2, 0.25) is 0 Å². The molecule has 2 aromatic rings. The zero-order chi connectivity index (χ0) is 11.0. The third-order valence-corrected chi connectivity index (χ3v) is 3.82. The highest BCUT2D eigenvalue weighted by Gasteiger charge is 2.36. The molecule has 0 unspecified atom stereocenters. The largest absolute Gasteiger partial charge is 0.334 e. The molecule has 2 N–H and O–H groups in total. The summed E-state index contributed by atoms with van der Waals surface area (Å²) in [6, 6.07) is 1.97. The topological polar surface area (TPSA) is 64.9 Å². The quantitative estimate of drug-likeness (QED) is 0.912. The molecule has 0 aromatic carbocycles. The molecule has 0 spiro atoms. The van der Waals surface area contributed by atoms with Gasteiger partial charge in [-0.05, 0) is 24.3 Å². The fourth-order valence-electron chi connectivity index (χ4n) is 2.16. The van der Waals surface area contributed by atoms with Crippen molar-refractivity contribution in [1.82, 2.24) is 10.1 Å². The van der Waals surface area contributed by atoms with Gasteiger partial charge < -0.3 is 10.3 Å². The Labute approximate surface area is 110 Å². The molecule has 6 heteroatoms. The highest BCUT2D eigenvalue weighted by Crippen LogP contribution is 2.35. The third-order valence-electron chi connectivity index (χ3n) is 3.14. The number of halogens is 1. The van der Waals surface area contributed by atoms with Crippen molar-refractivity contribution in [2.24, 2.45) is 5.73 Å². The summed E-state index contributed by atoms with van der Waals surface area (Å²) in [4.78, 5) is 4.41. The Kier molecular flexibility index (Phi) is 3.51. The Bertz CT molecular complexity index is 477. The van der Waals surface area contributed by atoms with Gasteiger partial charge >= 0.3 is 0 Å².